The van der Waals surface area contributed by atoms with Crippen LogP contribution in [0.2, 0.25) is 0 Å². The fourth-order valence-electron chi connectivity index (χ4n) is 1.78. The minimum absolute atomic E-state index is 0.471. The lowest BCUT2D eigenvalue weighted by atomic mass is 9.94. The van der Waals surface area contributed by atoms with Crippen molar-refractivity contribution in [2.45, 2.75) is 37.8 Å². The molecule has 4 nitrogen and oxygen atoms in total. The van der Waals surface area contributed by atoms with Crippen molar-refractivity contribution in [1.82, 2.24) is 9.97 Å². The van der Waals surface area contributed by atoms with E-state index < -0.39 is 5.60 Å². The summed E-state index contributed by atoms with van der Waals surface area (Å²) in [5, 5.41) is 14.2. The van der Waals surface area contributed by atoms with Gasteiger partial charge in [0.1, 0.15) is 17.2 Å². The molecule has 0 spiro atoms. The average Bonchev–Trinajstić information content (AvgIpc) is 2.25. The van der Waals surface area contributed by atoms with E-state index in [2.05, 4.69) is 29.1 Å². The third-order valence-electron chi connectivity index (χ3n) is 2.35. The quantitative estimate of drug-likeness (QED) is 0.604. The molecule has 1 aromatic heterocycles. The summed E-state index contributed by atoms with van der Waals surface area (Å²) in [5.41, 5.74) is -0.710. The number of rotatable bonds is 6. The van der Waals surface area contributed by atoms with Gasteiger partial charge in [-0.2, -0.15) is 0 Å². The van der Waals surface area contributed by atoms with Crippen molar-refractivity contribution in [3.63, 3.8) is 0 Å². The fourth-order valence-corrected chi connectivity index (χ4v) is 2.16. The van der Waals surface area contributed by atoms with E-state index in [0.717, 1.165) is 17.3 Å². The summed E-state index contributed by atoms with van der Waals surface area (Å²) >= 11 is 1.57. The largest absolute Gasteiger partial charge is 0.388 e. The number of nitrogens with one attached hydrogen (secondary N) is 1. The van der Waals surface area contributed by atoms with E-state index in [4.69, 9.17) is 0 Å². The van der Waals surface area contributed by atoms with Gasteiger partial charge in [0.05, 0.1) is 5.60 Å². The van der Waals surface area contributed by atoms with Crippen LogP contribution in [0.25, 0.3) is 0 Å². The Kier molecular flexibility index (Phi) is 5.21. The molecular formula is C12H21N3OS. The lowest BCUT2D eigenvalue weighted by Crippen LogP contribution is -2.35. The Bertz CT molecular complexity index is 355. The molecule has 1 aromatic rings. The average molecular weight is 255 g/mol. The number of anilines is 1. The molecule has 0 radical (unpaired) electrons. The van der Waals surface area contributed by atoms with Gasteiger partial charge in [0, 0.05) is 12.6 Å². The number of hydrogen-bond donors (Lipinski definition) is 2. The van der Waals surface area contributed by atoms with Crippen molar-refractivity contribution in [2.24, 2.45) is 5.92 Å². The van der Waals surface area contributed by atoms with E-state index in [9.17, 15) is 5.11 Å². The molecule has 0 aromatic carbocycles. The van der Waals surface area contributed by atoms with E-state index in [0.29, 0.717) is 12.5 Å². The summed E-state index contributed by atoms with van der Waals surface area (Å²) < 4.78 is 0. The zero-order valence-corrected chi connectivity index (χ0v) is 11.7. The molecule has 0 saturated heterocycles. The van der Waals surface area contributed by atoms with Crippen molar-refractivity contribution < 1.29 is 5.11 Å². The topological polar surface area (TPSA) is 58.0 Å². The zero-order chi connectivity index (χ0) is 12.9. The Morgan fingerprint density at radius 3 is 2.76 bits per heavy atom. The lowest BCUT2D eigenvalue weighted by molar-refractivity contribution is 0.0514. The van der Waals surface area contributed by atoms with Gasteiger partial charge in [-0.05, 0) is 25.5 Å². The molecule has 1 heterocycles. The van der Waals surface area contributed by atoms with Gasteiger partial charge in [-0.3, -0.25) is 0 Å². The lowest BCUT2D eigenvalue weighted by Gasteiger charge is -2.25. The Labute approximate surface area is 107 Å². The second-order valence-corrected chi connectivity index (χ2v) is 5.72. The third kappa shape index (κ3) is 5.37. The van der Waals surface area contributed by atoms with Crippen LogP contribution in [0.1, 0.15) is 27.2 Å². The van der Waals surface area contributed by atoms with Crippen molar-refractivity contribution in [1.29, 1.82) is 0 Å². The summed E-state index contributed by atoms with van der Waals surface area (Å²) in [7, 11) is 0. The molecule has 1 atom stereocenters. The highest BCUT2D eigenvalue weighted by Crippen LogP contribution is 2.18. The molecule has 1 rings (SSSR count). The van der Waals surface area contributed by atoms with Crippen LogP contribution in [-0.4, -0.2) is 33.5 Å². The number of aromatic nitrogens is 2. The van der Waals surface area contributed by atoms with Crippen LogP contribution < -0.4 is 5.32 Å². The zero-order valence-electron chi connectivity index (χ0n) is 10.9. The highest BCUT2D eigenvalue weighted by Gasteiger charge is 2.21. The molecule has 96 valence electrons. The van der Waals surface area contributed by atoms with Gasteiger partial charge in [-0.1, -0.05) is 13.8 Å². The molecule has 0 fully saturated rings. The maximum Gasteiger partial charge on any atom is 0.130 e. The Balaban J connectivity index is 2.54. The summed E-state index contributed by atoms with van der Waals surface area (Å²) in [4.78, 5) is 8.22. The first-order chi connectivity index (χ1) is 7.93. The molecule has 0 aliphatic carbocycles. The van der Waals surface area contributed by atoms with Crippen LogP contribution in [0.4, 0.5) is 5.82 Å². The van der Waals surface area contributed by atoms with E-state index >= 15 is 0 Å². The Morgan fingerprint density at radius 2 is 2.18 bits per heavy atom. The molecule has 1 unspecified atom stereocenters. The number of hydrogen-bond acceptors (Lipinski definition) is 5. The Hall–Kier alpha value is -0.810. The molecule has 2 N–H and O–H groups in total. The maximum absolute atomic E-state index is 10.2. The maximum atomic E-state index is 10.2. The van der Waals surface area contributed by atoms with Gasteiger partial charge in [0.15, 0.2) is 0 Å². The highest BCUT2D eigenvalue weighted by molar-refractivity contribution is 7.98. The Morgan fingerprint density at radius 1 is 1.47 bits per heavy atom. The molecule has 0 bridgehead atoms. The van der Waals surface area contributed by atoms with Crippen molar-refractivity contribution in [3.8, 4) is 0 Å². The summed E-state index contributed by atoms with van der Waals surface area (Å²) in [6.07, 6.45) is 4.27. The summed E-state index contributed by atoms with van der Waals surface area (Å²) in [6, 6.07) is 1.89. The minimum Gasteiger partial charge on any atom is -0.388 e. The predicted octanol–water partition coefficient (Wildman–Crippen LogP) is 2.41. The van der Waals surface area contributed by atoms with E-state index in [1.165, 1.54) is 6.33 Å². The van der Waals surface area contributed by atoms with Crippen molar-refractivity contribution in [2.75, 3.05) is 18.1 Å². The fraction of sp³-hybridized carbons (Fsp3) is 0.667. The molecule has 0 aliphatic rings. The SMILES string of the molecule is CSc1cc(NCC(C)(O)CC(C)C)ncn1. The molecule has 0 aliphatic heterocycles. The second-order valence-electron chi connectivity index (χ2n) is 4.89. The van der Waals surface area contributed by atoms with Crippen LogP contribution in [0, 0.1) is 5.92 Å². The highest BCUT2D eigenvalue weighted by atomic mass is 32.2. The number of aliphatic hydroxyl groups is 1. The van der Waals surface area contributed by atoms with Gasteiger partial charge in [0.2, 0.25) is 0 Å². The monoisotopic (exact) mass is 255 g/mol. The number of thioether (sulfide) groups is 1. The summed E-state index contributed by atoms with van der Waals surface area (Å²) in [5.74, 6) is 1.23. The first-order valence-electron chi connectivity index (χ1n) is 5.75. The van der Waals surface area contributed by atoms with Gasteiger partial charge >= 0.3 is 0 Å². The van der Waals surface area contributed by atoms with Gasteiger partial charge in [-0.15, -0.1) is 11.8 Å². The second kappa shape index (κ2) is 6.21. The van der Waals surface area contributed by atoms with E-state index in [-0.39, 0.29) is 0 Å². The van der Waals surface area contributed by atoms with Crippen LogP contribution >= 0.6 is 11.8 Å². The van der Waals surface area contributed by atoms with Crippen LogP contribution in [0.3, 0.4) is 0 Å². The first-order valence-corrected chi connectivity index (χ1v) is 6.98. The molecular weight excluding hydrogens is 234 g/mol. The third-order valence-corrected chi connectivity index (χ3v) is 2.99. The van der Waals surface area contributed by atoms with Gasteiger partial charge in [0.25, 0.3) is 0 Å². The minimum atomic E-state index is -0.710. The molecule has 5 heteroatoms. The smallest absolute Gasteiger partial charge is 0.130 e. The van der Waals surface area contributed by atoms with Crippen molar-refractivity contribution >= 4 is 17.6 Å². The standard InChI is InChI=1S/C12H21N3OS/c1-9(2)6-12(3,16)7-13-10-5-11(17-4)15-8-14-10/h5,8-9,16H,6-7H2,1-4H3,(H,13,14,15). The van der Waals surface area contributed by atoms with Gasteiger partial charge in [-0.25, -0.2) is 9.97 Å². The van der Waals surface area contributed by atoms with Crippen LogP contribution in [0.5, 0.6) is 0 Å². The van der Waals surface area contributed by atoms with Crippen molar-refractivity contribution in [3.05, 3.63) is 12.4 Å². The molecule has 0 saturated carbocycles. The molecule has 17 heavy (non-hydrogen) atoms. The molecule has 0 amide bonds. The van der Waals surface area contributed by atoms with Gasteiger partial charge < -0.3 is 10.4 Å². The van der Waals surface area contributed by atoms with Crippen LogP contribution in [-0.2, 0) is 0 Å². The summed E-state index contributed by atoms with van der Waals surface area (Å²) in [6.45, 7) is 6.54. The normalized spacial score (nSPS) is 14.7. The number of nitrogens with zero attached hydrogens (tertiary/aromatic N) is 2. The van der Waals surface area contributed by atoms with E-state index in [1.807, 2.05) is 19.2 Å². The van der Waals surface area contributed by atoms with Crippen LogP contribution in [0.15, 0.2) is 17.4 Å². The predicted molar refractivity (Wildman–Crippen MR) is 72.4 cm³/mol. The van der Waals surface area contributed by atoms with E-state index in [1.54, 1.807) is 11.8 Å². The first kappa shape index (κ1) is 14.3.